The molecule has 0 spiro atoms. The van der Waals surface area contributed by atoms with Gasteiger partial charge in [-0.15, -0.1) is 0 Å². The molecule has 5 rings (SSSR count). The maximum atomic E-state index is 13.9. The molecular formula is C32H30N2O8S2. The van der Waals surface area contributed by atoms with Crippen LogP contribution in [0.5, 0.6) is 17.2 Å². The van der Waals surface area contributed by atoms with Crippen molar-refractivity contribution < 1.29 is 31.6 Å². The molecule has 1 aliphatic rings. The van der Waals surface area contributed by atoms with Crippen molar-refractivity contribution in [2.45, 2.75) is 31.7 Å². The van der Waals surface area contributed by atoms with Crippen LogP contribution in [-0.4, -0.2) is 39.8 Å². The standard InChI is InChI=1S/C32H30N2O8S2/c1-6-41-31(36)28-20(3)33-32-34(29(28)22-11-16-25(39-4)26(18-22)40-5)30(35)27(43-32)17-21-9-12-23(13-10-21)42-44(37,38)24-14-7-19(2)8-15-24/h7-18,29H,6H2,1-5H3/b27-17+/t29-/m0/s1. The van der Waals surface area contributed by atoms with Crippen LogP contribution >= 0.6 is 11.3 Å². The SMILES string of the molecule is CCOC(=O)C1=C(C)N=c2s/c(=C/c3ccc(OS(=O)(=O)c4ccc(C)cc4)cc3)c(=O)n2[C@H]1c1ccc(OC)c(OC)c1. The van der Waals surface area contributed by atoms with E-state index in [9.17, 15) is 18.0 Å². The zero-order valence-electron chi connectivity index (χ0n) is 24.7. The third-order valence-electron chi connectivity index (χ3n) is 6.93. The summed E-state index contributed by atoms with van der Waals surface area (Å²) in [5.74, 6) is 0.504. The second-order valence-electron chi connectivity index (χ2n) is 9.84. The van der Waals surface area contributed by atoms with Crippen LogP contribution in [0.4, 0.5) is 0 Å². The van der Waals surface area contributed by atoms with Crippen molar-refractivity contribution in [3.8, 4) is 17.2 Å². The van der Waals surface area contributed by atoms with Crippen molar-refractivity contribution in [1.29, 1.82) is 0 Å². The predicted molar refractivity (Wildman–Crippen MR) is 165 cm³/mol. The topological polar surface area (TPSA) is 122 Å². The monoisotopic (exact) mass is 634 g/mol. The Morgan fingerprint density at radius 2 is 1.66 bits per heavy atom. The van der Waals surface area contributed by atoms with Gasteiger partial charge in [0.15, 0.2) is 16.3 Å². The van der Waals surface area contributed by atoms with Crippen LogP contribution in [0.15, 0.2) is 92.7 Å². The molecule has 0 saturated heterocycles. The second-order valence-corrected chi connectivity index (χ2v) is 12.4. The molecule has 0 aliphatic carbocycles. The van der Waals surface area contributed by atoms with E-state index in [0.717, 1.165) is 5.56 Å². The number of allylic oxidation sites excluding steroid dienone is 1. The summed E-state index contributed by atoms with van der Waals surface area (Å²) in [7, 11) is -0.975. The van der Waals surface area contributed by atoms with Crippen LogP contribution in [0.3, 0.4) is 0 Å². The molecule has 10 nitrogen and oxygen atoms in total. The molecule has 0 N–H and O–H groups in total. The zero-order valence-corrected chi connectivity index (χ0v) is 26.3. The molecule has 228 valence electrons. The first kappa shape index (κ1) is 30.8. The second kappa shape index (κ2) is 12.5. The number of carbonyl (C=O) groups is 1. The molecule has 3 aromatic carbocycles. The number of aryl methyl sites for hydroxylation is 1. The van der Waals surface area contributed by atoms with Crippen molar-refractivity contribution >= 4 is 33.5 Å². The van der Waals surface area contributed by atoms with Gasteiger partial charge in [0, 0.05) is 0 Å². The molecule has 4 aromatic rings. The maximum Gasteiger partial charge on any atom is 0.339 e. The van der Waals surface area contributed by atoms with Gasteiger partial charge in [-0.25, -0.2) is 9.79 Å². The van der Waals surface area contributed by atoms with Crippen molar-refractivity contribution in [2.24, 2.45) is 4.99 Å². The summed E-state index contributed by atoms with van der Waals surface area (Å²) >= 11 is 1.18. The summed E-state index contributed by atoms with van der Waals surface area (Å²) < 4.78 is 48.7. The summed E-state index contributed by atoms with van der Waals surface area (Å²) in [5.41, 5.74) is 2.51. The summed E-state index contributed by atoms with van der Waals surface area (Å²) in [4.78, 5) is 32.1. The van der Waals surface area contributed by atoms with Gasteiger partial charge in [-0.1, -0.05) is 47.2 Å². The first-order chi connectivity index (χ1) is 21.1. The fourth-order valence-electron chi connectivity index (χ4n) is 4.78. The Kier molecular flexibility index (Phi) is 8.75. The minimum atomic E-state index is -4.01. The van der Waals surface area contributed by atoms with Gasteiger partial charge < -0.3 is 18.4 Å². The lowest BCUT2D eigenvalue weighted by atomic mass is 9.95. The average molecular weight is 635 g/mol. The molecule has 1 aromatic heterocycles. The highest BCUT2D eigenvalue weighted by Crippen LogP contribution is 2.36. The van der Waals surface area contributed by atoms with E-state index in [1.807, 2.05) is 6.92 Å². The van der Waals surface area contributed by atoms with Crippen molar-refractivity contribution in [3.05, 3.63) is 114 Å². The largest absolute Gasteiger partial charge is 0.493 e. The van der Waals surface area contributed by atoms with E-state index < -0.39 is 22.1 Å². The number of nitrogens with zero attached hydrogens (tertiary/aromatic N) is 2. The van der Waals surface area contributed by atoms with Gasteiger partial charge >= 0.3 is 16.1 Å². The van der Waals surface area contributed by atoms with Gasteiger partial charge in [-0.3, -0.25) is 9.36 Å². The number of ether oxygens (including phenoxy) is 3. The Morgan fingerprint density at radius 3 is 2.30 bits per heavy atom. The van der Waals surface area contributed by atoms with E-state index in [4.69, 9.17) is 18.4 Å². The summed E-state index contributed by atoms with van der Waals surface area (Å²) in [6.45, 7) is 5.44. The highest BCUT2D eigenvalue weighted by atomic mass is 32.2. The number of thiazole rings is 1. The number of carbonyl (C=O) groups excluding carboxylic acids is 1. The molecule has 1 atom stereocenters. The number of esters is 1. The minimum Gasteiger partial charge on any atom is -0.493 e. The van der Waals surface area contributed by atoms with Crippen molar-refractivity contribution in [2.75, 3.05) is 20.8 Å². The third kappa shape index (κ3) is 6.03. The van der Waals surface area contributed by atoms with E-state index in [-0.39, 0.29) is 28.4 Å². The lowest BCUT2D eigenvalue weighted by molar-refractivity contribution is -0.139. The molecule has 44 heavy (non-hydrogen) atoms. The molecule has 1 aliphatic heterocycles. The van der Waals surface area contributed by atoms with E-state index in [1.54, 1.807) is 62.4 Å². The Labute approximate surface area is 258 Å². The minimum absolute atomic E-state index is 0.0507. The molecule has 0 fully saturated rings. The number of hydrogen-bond donors (Lipinski definition) is 0. The maximum absolute atomic E-state index is 13.9. The molecular weight excluding hydrogens is 604 g/mol. The van der Waals surface area contributed by atoms with E-state index >= 15 is 0 Å². The first-order valence-corrected chi connectivity index (χ1v) is 15.8. The van der Waals surface area contributed by atoms with E-state index in [2.05, 4.69) is 4.99 Å². The van der Waals surface area contributed by atoms with Crippen LogP contribution in [0.2, 0.25) is 0 Å². The Hall–Kier alpha value is -4.68. The van der Waals surface area contributed by atoms with Crippen LogP contribution in [0.1, 0.15) is 36.6 Å². The van der Waals surface area contributed by atoms with Crippen molar-refractivity contribution in [3.63, 3.8) is 0 Å². The number of benzene rings is 3. The van der Waals surface area contributed by atoms with Gasteiger partial charge in [0.05, 0.1) is 42.7 Å². The van der Waals surface area contributed by atoms with Crippen molar-refractivity contribution in [1.82, 2.24) is 4.57 Å². The van der Waals surface area contributed by atoms with Crippen LogP contribution in [-0.2, 0) is 19.6 Å². The highest BCUT2D eigenvalue weighted by Gasteiger charge is 2.34. The van der Waals surface area contributed by atoms with E-state index in [1.165, 1.54) is 54.4 Å². The van der Waals surface area contributed by atoms with Gasteiger partial charge in [0.25, 0.3) is 5.56 Å². The molecule has 0 radical (unpaired) electrons. The van der Waals surface area contributed by atoms with Gasteiger partial charge in [0.1, 0.15) is 10.6 Å². The van der Waals surface area contributed by atoms with Crippen LogP contribution in [0.25, 0.3) is 6.08 Å². The average Bonchev–Trinajstić information content (AvgIpc) is 3.30. The molecule has 12 heteroatoms. The summed E-state index contributed by atoms with van der Waals surface area (Å²) in [6, 6.07) is 17.1. The van der Waals surface area contributed by atoms with Crippen LogP contribution in [0, 0.1) is 6.92 Å². The lowest BCUT2D eigenvalue weighted by Crippen LogP contribution is -2.39. The summed E-state index contributed by atoms with van der Waals surface area (Å²) in [6.07, 6.45) is 1.68. The summed E-state index contributed by atoms with van der Waals surface area (Å²) in [5, 5.41) is 0. The first-order valence-electron chi connectivity index (χ1n) is 13.6. The number of fused-ring (bicyclic) bond motifs is 1. The molecule has 0 bridgehead atoms. The Balaban J connectivity index is 1.54. The number of rotatable bonds is 9. The fraction of sp³-hybridized carbons (Fsp3) is 0.219. The van der Waals surface area contributed by atoms with Gasteiger partial charge in [-0.2, -0.15) is 8.42 Å². The third-order valence-corrected chi connectivity index (χ3v) is 9.18. The number of methoxy groups -OCH3 is 2. The molecule has 0 amide bonds. The van der Waals surface area contributed by atoms with E-state index in [0.29, 0.717) is 37.7 Å². The number of hydrogen-bond acceptors (Lipinski definition) is 10. The quantitative estimate of drug-likeness (QED) is 0.201. The zero-order chi connectivity index (χ0) is 31.6. The molecule has 2 heterocycles. The fourth-order valence-corrected chi connectivity index (χ4v) is 6.76. The smallest absolute Gasteiger partial charge is 0.339 e. The molecule has 0 saturated carbocycles. The Bertz CT molecular complexity index is 2040. The highest BCUT2D eigenvalue weighted by molar-refractivity contribution is 7.87. The van der Waals surface area contributed by atoms with Gasteiger partial charge in [0.2, 0.25) is 0 Å². The van der Waals surface area contributed by atoms with Crippen LogP contribution < -0.4 is 28.5 Å². The van der Waals surface area contributed by atoms with Gasteiger partial charge in [-0.05, 0) is 74.4 Å². The molecule has 0 unspecified atom stereocenters. The lowest BCUT2D eigenvalue weighted by Gasteiger charge is -2.25. The normalized spacial score (nSPS) is 14.9. The number of aromatic nitrogens is 1. The Morgan fingerprint density at radius 1 is 0.977 bits per heavy atom. The predicted octanol–water partition coefficient (Wildman–Crippen LogP) is 3.89.